The largest absolute Gasteiger partial charge is 0.481 e. The van der Waals surface area contributed by atoms with Gasteiger partial charge in [-0.1, -0.05) is 30.3 Å². The number of likely N-dealkylation sites (tertiary alicyclic amines) is 1. The smallest absolute Gasteiger partial charge is 0.311 e. The highest BCUT2D eigenvalue weighted by atomic mass is 16.5. The number of carbonyl (C=O) groups is 1. The van der Waals surface area contributed by atoms with E-state index in [1.807, 2.05) is 30.3 Å². The average Bonchev–Trinajstić information content (AvgIpc) is 2.58. The Kier molecular flexibility index (Phi) is 7.02. The monoisotopic (exact) mass is 321 g/mol. The first-order valence-electron chi connectivity index (χ1n) is 8.23. The highest BCUT2D eigenvalue weighted by Crippen LogP contribution is 2.33. The third kappa shape index (κ3) is 5.30. The van der Waals surface area contributed by atoms with Gasteiger partial charge in [0.15, 0.2) is 0 Å². The standard InChI is InChI=1S/C18H27NO4/c1-22-12-9-18(17(20)21)8-5-10-19(15-18)11-13-23-14-16-6-3-2-4-7-16/h2-4,6-7H,5,8-15H2,1H3,(H,20,21)/t18-/m0/s1. The Morgan fingerprint density at radius 1 is 1.30 bits per heavy atom. The lowest BCUT2D eigenvalue weighted by Crippen LogP contribution is -2.49. The van der Waals surface area contributed by atoms with Crippen LogP contribution in [-0.2, 0) is 20.9 Å². The van der Waals surface area contributed by atoms with Crippen molar-refractivity contribution in [2.45, 2.75) is 25.9 Å². The van der Waals surface area contributed by atoms with Crippen molar-refractivity contribution in [2.75, 3.05) is 40.0 Å². The molecule has 23 heavy (non-hydrogen) atoms. The Labute approximate surface area is 138 Å². The summed E-state index contributed by atoms with van der Waals surface area (Å²) in [7, 11) is 1.62. The number of hydrogen-bond acceptors (Lipinski definition) is 4. The molecule has 0 amide bonds. The summed E-state index contributed by atoms with van der Waals surface area (Å²) >= 11 is 0. The van der Waals surface area contributed by atoms with Crippen LogP contribution >= 0.6 is 0 Å². The fraction of sp³-hybridized carbons (Fsp3) is 0.611. The average molecular weight is 321 g/mol. The summed E-state index contributed by atoms with van der Waals surface area (Å²) in [4.78, 5) is 13.9. The zero-order valence-electron chi connectivity index (χ0n) is 13.9. The molecule has 2 rings (SSSR count). The fourth-order valence-corrected chi connectivity index (χ4v) is 3.16. The van der Waals surface area contributed by atoms with Gasteiger partial charge in [-0.15, -0.1) is 0 Å². The molecule has 0 unspecified atom stereocenters. The van der Waals surface area contributed by atoms with Crippen molar-refractivity contribution in [3.05, 3.63) is 35.9 Å². The van der Waals surface area contributed by atoms with E-state index in [0.717, 1.165) is 31.5 Å². The van der Waals surface area contributed by atoms with Crippen molar-refractivity contribution in [3.63, 3.8) is 0 Å². The molecule has 5 nitrogen and oxygen atoms in total. The summed E-state index contributed by atoms with van der Waals surface area (Å²) in [5.41, 5.74) is 0.486. The lowest BCUT2D eigenvalue weighted by atomic mass is 9.77. The molecule has 0 aromatic heterocycles. The second-order valence-electron chi connectivity index (χ2n) is 6.25. The van der Waals surface area contributed by atoms with Gasteiger partial charge in [0.1, 0.15) is 0 Å². The van der Waals surface area contributed by atoms with Crippen LogP contribution in [0.1, 0.15) is 24.8 Å². The highest BCUT2D eigenvalue weighted by molar-refractivity contribution is 5.75. The molecule has 5 heteroatoms. The van der Waals surface area contributed by atoms with Gasteiger partial charge >= 0.3 is 5.97 Å². The Balaban J connectivity index is 1.77. The maximum absolute atomic E-state index is 11.7. The molecular weight excluding hydrogens is 294 g/mol. The Hall–Kier alpha value is -1.43. The molecule has 128 valence electrons. The predicted octanol–water partition coefficient (Wildman–Crippen LogP) is 2.41. The van der Waals surface area contributed by atoms with Gasteiger partial charge < -0.3 is 14.6 Å². The van der Waals surface area contributed by atoms with E-state index in [0.29, 0.717) is 32.8 Å². The number of aliphatic carboxylic acids is 1. The van der Waals surface area contributed by atoms with Crippen LogP contribution in [0.25, 0.3) is 0 Å². The maximum Gasteiger partial charge on any atom is 0.311 e. The Morgan fingerprint density at radius 3 is 2.78 bits per heavy atom. The van der Waals surface area contributed by atoms with Gasteiger partial charge in [-0.25, -0.2) is 0 Å². The molecule has 0 saturated carbocycles. The quantitative estimate of drug-likeness (QED) is 0.708. The predicted molar refractivity (Wildman–Crippen MR) is 88.3 cm³/mol. The Bertz CT molecular complexity index is 479. The van der Waals surface area contributed by atoms with Crippen LogP contribution in [0.5, 0.6) is 0 Å². The van der Waals surface area contributed by atoms with Crippen LogP contribution in [0, 0.1) is 5.41 Å². The summed E-state index contributed by atoms with van der Waals surface area (Å²) in [6.45, 7) is 4.01. The molecule has 1 saturated heterocycles. The number of carboxylic acids is 1. The van der Waals surface area contributed by atoms with E-state index >= 15 is 0 Å². The minimum absolute atomic E-state index is 0.491. The Morgan fingerprint density at radius 2 is 2.09 bits per heavy atom. The highest BCUT2D eigenvalue weighted by Gasteiger charge is 2.41. The van der Waals surface area contributed by atoms with Crippen LogP contribution in [-0.4, -0.2) is 55.9 Å². The zero-order valence-corrected chi connectivity index (χ0v) is 13.9. The number of benzene rings is 1. The van der Waals surface area contributed by atoms with Gasteiger partial charge in [0.2, 0.25) is 0 Å². The molecule has 1 aromatic rings. The first-order valence-corrected chi connectivity index (χ1v) is 8.23. The second-order valence-corrected chi connectivity index (χ2v) is 6.25. The number of piperidine rings is 1. The van der Waals surface area contributed by atoms with Gasteiger partial charge in [-0.05, 0) is 31.4 Å². The lowest BCUT2D eigenvalue weighted by molar-refractivity contribution is -0.154. The minimum atomic E-state index is -0.704. The van der Waals surface area contributed by atoms with E-state index in [4.69, 9.17) is 9.47 Å². The third-order valence-corrected chi connectivity index (χ3v) is 4.56. The van der Waals surface area contributed by atoms with Crippen LogP contribution in [0.4, 0.5) is 0 Å². The summed E-state index contributed by atoms with van der Waals surface area (Å²) in [6, 6.07) is 10.1. The van der Waals surface area contributed by atoms with Crippen LogP contribution in [0.2, 0.25) is 0 Å². The minimum Gasteiger partial charge on any atom is -0.481 e. The molecule has 1 N–H and O–H groups in total. The fourth-order valence-electron chi connectivity index (χ4n) is 3.16. The van der Waals surface area contributed by atoms with Crippen molar-refractivity contribution in [1.82, 2.24) is 4.90 Å². The van der Waals surface area contributed by atoms with Gasteiger partial charge in [0.25, 0.3) is 0 Å². The summed E-state index contributed by atoms with van der Waals surface area (Å²) in [6.07, 6.45) is 2.21. The van der Waals surface area contributed by atoms with E-state index in [2.05, 4.69) is 4.90 Å². The van der Waals surface area contributed by atoms with Crippen molar-refractivity contribution in [2.24, 2.45) is 5.41 Å². The number of ether oxygens (including phenoxy) is 2. The van der Waals surface area contributed by atoms with Gasteiger partial charge in [-0.3, -0.25) is 9.69 Å². The normalized spacial score (nSPS) is 22.1. The van der Waals surface area contributed by atoms with Gasteiger partial charge in [-0.2, -0.15) is 0 Å². The molecule has 0 aliphatic carbocycles. The lowest BCUT2D eigenvalue weighted by Gasteiger charge is -2.39. The van der Waals surface area contributed by atoms with Crippen molar-refractivity contribution in [3.8, 4) is 0 Å². The number of rotatable bonds is 9. The first kappa shape index (κ1) is 17.9. The number of methoxy groups -OCH3 is 1. The molecule has 1 atom stereocenters. The van der Waals surface area contributed by atoms with Crippen molar-refractivity contribution < 1.29 is 19.4 Å². The summed E-state index contributed by atoms with van der Waals surface area (Å²) in [5, 5.41) is 9.64. The van der Waals surface area contributed by atoms with Crippen molar-refractivity contribution in [1.29, 1.82) is 0 Å². The molecule has 1 aromatic carbocycles. The molecule has 1 heterocycles. The molecule has 1 aliphatic heterocycles. The molecule has 1 fully saturated rings. The molecule has 0 bridgehead atoms. The molecular formula is C18H27NO4. The first-order chi connectivity index (χ1) is 11.2. The van der Waals surface area contributed by atoms with Crippen LogP contribution in [0.3, 0.4) is 0 Å². The topological polar surface area (TPSA) is 59.0 Å². The van der Waals surface area contributed by atoms with E-state index in [-0.39, 0.29) is 0 Å². The van der Waals surface area contributed by atoms with Gasteiger partial charge in [0, 0.05) is 26.8 Å². The number of hydrogen-bond donors (Lipinski definition) is 1. The number of carboxylic acid groups (broad SMARTS) is 1. The van der Waals surface area contributed by atoms with E-state index in [1.165, 1.54) is 0 Å². The maximum atomic E-state index is 11.7. The summed E-state index contributed by atoms with van der Waals surface area (Å²) in [5.74, 6) is -0.704. The van der Waals surface area contributed by atoms with E-state index < -0.39 is 11.4 Å². The van der Waals surface area contributed by atoms with Crippen molar-refractivity contribution >= 4 is 5.97 Å². The SMILES string of the molecule is COCC[C@@]1(C(=O)O)CCCN(CCOCc2ccccc2)C1. The number of nitrogens with zero attached hydrogens (tertiary/aromatic N) is 1. The molecule has 0 spiro atoms. The second kappa shape index (κ2) is 9.01. The summed E-state index contributed by atoms with van der Waals surface area (Å²) < 4.78 is 10.8. The zero-order chi connectivity index (χ0) is 16.5. The van der Waals surface area contributed by atoms with Gasteiger partial charge in [0.05, 0.1) is 18.6 Å². The van der Waals surface area contributed by atoms with E-state index in [1.54, 1.807) is 7.11 Å². The van der Waals surface area contributed by atoms with Crippen LogP contribution < -0.4 is 0 Å². The molecule has 1 aliphatic rings. The van der Waals surface area contributed by atoms with Crippen LogP contribution in [0.15, 0.2) is 30.3 Å². The molecule has 0 radical (unpaired) electrons. The third-order valence-electron chi connectivity index (χ3n) is 4.56. The van der Waals surface area contributed by atoms with E-state index in [9.17, 15) is 9.90 Å².